The summed E-state index contributed by atoms with van der Waals surface area (Å²) in [4.78, 5) is 17.1. The summed E-state index contributed by atoms with van der Waals surface area (Å²) in [6.07, 6.45) is 0. The van der Waals surface area contributed by atoms with Gasteiger partial charge < -0.3 is 10.1 Å². The average molecular weight is 423 g/mol. The Morgan fingerprint density at radius 2 is 1.67 bits per heavy atom. The van der Waals surface area contributed by atoms with Gasteiger partial charge in [-0.3, -0.25) is 4.79 Å². The number of methoxy groups -OCH3 is 1. The fourth-order valence-electron chi connectivity index (χ4n) is 2.82. The molecule has 4 rings (SSSR count). The van der Waals surface area contributed by atoms with Crippen LogP contribution >= 0.6 is 11.6 Å². The number of hydrogen-bond donors (Lipinski definition) is 1. The van der Waals surface area contributed by atoms with Crippen LogP contribution in [0.3, 0.4) is 0 Å². The third-order valence-electron chi connectivity index (χ3n) is 4.33. The standard InChI is InChI=1S/C22H16ClFN4O2/c1-30-19-12-10-18(11-13-19)28-21(14-2-6-16(24)7-3-14)26-20(27-28)22(29)25-17-8-4-15(23)5-9-17/h2-13H,1H3,(H,25,29). The molecular weight excluding hydrogens is 407 g/mol. The summed E-state index contributed by atoms with van der Waals surface area (Å²) in [5.74, 6) is 0.215. The van der Waals surface area contributed by atoms with Crippen LogP contribution < -0.4 is 10.1 Å². The van der Waals surface area contributed by atoms with E-state index in [-0.39, 0.29) is 11.6 Å². The van der Waals surface area contributed by atoms with Crippen molar-refractivity contribution in [3.63, 3.8) is 0 Å². The molecule has 0 spiro atoms. The molecule has 1 N–H and O–H groups in total. The van der Waals surface area contributed by atoms with Gasteiger partial charge in [-0.2, -0.15) is 0 Å². The molecule has 4 aromatic rings. The molecule has 0 bridgehead atoms. The molecule has 0 atom stereocenters. The van der Waals surface area contributed by atoms with E-state index in [4.69, 9.17) is 16.3 Å². The monoisotopic (exact) mass is 422 g/mol. The zero-order valence-corrected chi connectivity index (χ0v) is 16.6. The summed E-state index contributed by atoms with van der Waals surface area (Å²) < 4.78 is 20.1. The summed E-state index contributed by atoms with van der Waals surface area (Å²) in [5, 5.41) is 7.69. The number of halogens is 2. The molecule has 1 amide bonds. The highest BCUT2D eigenvalue weighted by atomic mass is 35.5. The second kappa shape index (κ2) is 8.34. The quantitative estimate of drug-likeness (QED) is 0.492. The number of carbonyl (C=O) groups excluding carboxylic acids is 1. The largest absolute Gasteiger partial charge is 0.497 e. The Kier molecular flexibility index (Phi) is 5.45. The Balaban J connectivity index is 1.73. The minimum atomic E-state index is -0.479. The highest BCUT2D eigenvalue weighted by molar-refractivity contribution is 6.30. The Hall–Kier alpha value is -3.71. The van der Waals surface area contributed by atoms with Gasteiger partial charge in [-0.15, -0.1) is 5.10 Å². The number of carbonyl (C=O) groups is 1. The first kappa shape index (κ1) is 19.6. The molecule has 0 aliphatic carbocycles. The number of aromatic nitrogens is 3. The second-order valence-corrected chi connectivity index (χ2v) is 6.77. The Bertz CT molecular complexity index is 1170. The molecule has 8 heteroatoms. The molecule has 0 saturated carbocycles. The van der Waals surface area contributed by atoms with Gasteiger partial charge in [0.25, 0.3) is 5.91 Å². The maximum absolute atomic E-state index is 13.4. The van der Waals surface area contributed by atoms with E-state index < -0.39 is 5.91 Å². The van der Waals surface area contributed by atoms with Crippen LogP contribution in [0.2, 0.25) is 5.02 Å². The zero-order chi connectivity index (χ0) is 21.1. The van der Waals surface area contributed by atoms with E-state index in [0.29, 0.717) is 33.5 Å². The minimum Gasteiger partial charge on any atom is -0.497 e. The maximum atomic E-state index is 13.4. The predicted molar refractivity (Wildman–Crippen MR) is 113 cm³/mol. The van der Waals surface area contributed by atoms with Crippen molar-refractivity contribution in [1.29, 1.82) is 0 Å². The summed E-state index contributed by atoms with van der Waals surface area (Å²) in [6.45, 7) is 0. The molecule has 0 unspecified atom stereocenters. The minimum absolute atomic E-state index is 0.0277. The highest BCUT2D eigenvalue weighted by Gasteiger charge is 2.19. The van der Waals surface area contributed by atoms with Crippen molar-refractivity contribution in [2.24, 2.45) is 0 Å². The number of nitrogens with one attached hydrogen (secondary N) is 1. The highest BCUT2D eigenvalue weighted by Crippen LogP contribution is 2.24. The number of nitrogens with zero attached hydrogens (tertiary/aromatic N) is 3. The van der Waals surface area contributed by atoms with Gasteiger partial charge >= 0.3 is 0 Å². The molecule has 0 radical (unpaired) electrons. The van der Waals surface area contributed by atoms with Crippen molar-refractivity contribution in [2.75, 3.05) is 12.4 Å². The fraction of sp³-hybridized carbons (Fsp3) is 0.0455. The van der Waals surface area contributed by atoms with Gasteiger partial charge in [-0.25, -0.2) is 14.1 Å². The number of ether oxygens (including phenoxy) is 1. The van der Waals surface area contributed by atoms with E-state index >= 15 is 0 Å². The third kappa shape index (κ3) is 4.16. The van der Waals surface area contributed by atoms with Crippen molar-refractivity contribution in [3.05, 3.63) is 89.5 Å². The first-order chi connectivity index (χ1) is 14.5. The van der Waals surface area contributed by atoms with Gasteiger partial charge in [0.2, 0.25) is 5.82 Å². The topological polar surface area (TPSA) is 69.0 Å². The van der Waals surface area contributed by atoms with Crippen LogP contribution in [0.4, 0.5) is 10.1 Å². The van der Waals surface area contributed by atoms with E-state index in [1.54, 1.807) is 67.8 Å². The number of amides is 1. The lowest BCUT2D eigenvalue weighted by molar-refractivity contribution is 0.101. The molecule has 150 valence electrons. The SMILES string of the molecule is COc1ccc(-n2nc(C(=O)Nc3ccc(Cl)cc3)nc2-c2ccc(F)cc2)cc1. The number of hydrogen-bond acceptors (Lipinski definition) is 4. The van der Waals surface area contributed by atoms with Gasteiger partial charge in [0, 0.05) is 16.3 Å². The Morgan fingerprint density at radius 1 is 1.00 bits per heavy atom. The van der Waals surface area contributed by atoms with E-state index in [1.807, 2.05) is 0 Å². The zero-order valence-electron chi connectivity index (χ0n) is 15.8. The lowest BCUT2D eigenvalue weighted by Crippen LogP contribution is -2.14. The lowest BCUT2D eigenvalue weighted by atomic mass is 10.2. The van der Waals surface area contributed by atoms with Crippen LogP contribution in [0.1, 0.15) is 10.6 Å². The van der Waals surface area contributed by atoms with Gasteiger partial charge in [0.1, 0.15) is 11.6 Å². The first-order valence-electron chi connectivity index (χ1n) is 8.98. The molecule has 6 nitrogen and oxygen atoms in total. The number of rotatable bonds is 5. The molecule has 0 aliphatic rings. The van der Waals surface area contributed by atoms with Crippen LogP contribution in [0.25, 0.3) is 17.1 Å². The number of benzene rings is 3. The van der Waals surface area contributed by atoms with E-state index in [1.165, 1.54) is 16.8 Å². The molecule has 1 heterocycles. The fourth-order valence-corrected chi connectivity index (χ4v) is 2.94. The average Bonchev–Trinajstić information content (AvgIpc) is 3.21. The summed E-state index contributed by atoms with van der Waals surface area (Å²) in [6, 6.07) is 19.7. The third-order valence-corrected chi connectivity index (χ3v) is 4.58. The van der Waals surface area contributed by atoms with E-state index in [2.05, 4.69) is 15.4 Å². The van der Waals surface area contributed by atoms with Crippen LogP contribution in [-0.2, 0) is 0 Å². The Morgan fingerprint density at radius 3 is 2.30 bits per heavy atom. The molecule has 0 fully saturated rings. The number of anilines is 1. The predicted octanol–water partition coefficient (Wildman–Crippen LogP) is 4.99. The molecule has 0 aliphatic heterocycles. The first-order valence-corrected chi connectivity index (χ1v) is 9.35. The van der Waals surface area contributed by atoms with Crippen molar-refractivity contribution in [1.82, 2.24) is 14.8 Å². The lowest BCUT2D eigenvalue weighted by Gasteiger charge is -2.07. The molecule has 3 aromatic carbocycles. The molecule has 30 heavy (non-hydrogen) atoms. The summed E-state index contributed by atoms with van der Waals surface area (Å²) in [7, 11) is 1.58. The van der Waals surface area contributed by atoms with E-state index in [0.717, 1.165) is 0 Å². The second-order valence-electron chi connectivity index (χ2n) is 6.34. The normalized spacial score (nSPS) is 10.6. The maximum Gasteiger partial charge on any atom is 0.295 e. The molecule has 1 aromatic heterocycles. The van der Waals surface area contributed by atoms with Crippen molar-refractivity contribution >= 4 is 23.2 Å². The van der Waals surface area contributed by atoms with Gasteiger partial charge in [0.05, 0.1) is 12.8 Å². The molecule has 0 saturated heterocycles. The van der Waals surface area contributed by atoms with Crippen LogP contribution in [-0.4, -0.2) is 27.8 Å². The van der Waals surface area contributed by atoms with Crippen molar-refractivity contribution < 1.29 is 13.9 Å². The van der Waals surface area contributed by atoms with Gasteiger partial charge in [0.15, 0.2) is 5.82 Å². The molecular formula is C22H16ClFN4O2. The van der Waals surface area contributed by atoms with Crippen molar-refractivity contribution in [2.45, 2.75) is 0 Å². The van der Waals surface area contributed by atoms with Gasteiger partial charge in [-0.1, -0.05) is 11.6 Å². The smallest absolute Gasteiger partial charge is 0.295 e. The van der Waals surface area contributed by atoms with Crippen molar-refractivity contribution in [3.8, 4) is 22.8 Å². The van der Waals surface area contributed by atoms with E-state index in [9.17, 15) is 9.18 Å². The van der Waals surface area contributed by atoms with Crippen LogP contribution in [0.15, 0.2) is 72.8 Å². The van der Waals surface area contributed by atoms with Gasteiger partial charge in [-0.05, 0) is 72.8 Å². The summed E-state index contributed by atoms with van der Waals surface area (Å²) in [5.41, 5.74) is 1.85. The van der Waals surface area contributed by atoms with Crippen LogP contribution in [0.5, 0.6) is 5.75 Å². The summed E-state index contributed by atoms with van der Waals surface area (Å²) >= 11 is 5.88. The Labute approximate surface area is 176 Å². The van der Waals surface area contributed by atoms with Crippen LogP contribution in [0, 0.1) is 5.82 Å².